The largest absolute Gasteiger partial charge is 0.389 e. The number of β-amino-alcohol motifs (C(OH)–C–C–N with tert-alkyl or cyclic N) is 1. The Balaban J connectivity index is 1.41. The van der Waals surface area contributed by atoms with Gasteiger partial charge in [-0.25, -0.2) is 9.18 Å². The van der Waals surface area contributed by atoms with Gasteiger partial charge in [0.15, 0.2) is 0 Å². The van der Waals surface area contributed by atoms with E-state index < -0.39 is 11.4 Å². The van der Waals surface area contributed by atoms with Crippen LogP contribution in [0.15, 0.2) is 24.3 Å². The average molecular weight is 349 g/mol. The molecule has 3 N–H and O–H groups in total. The summed E-state index contributed by atoms with van der Waals surface area (Å²) in [6, 6.07) is 5.87. The summed E-state index contributed by atoms with van der Waals surface area (Å²) in [7, 11) is 0. The summed E-state index contributed by atoms with van der Waals surface area (Å²) in [4.78, 5) is 14.3. The predicted octanol–water partition coefficient (Wildman–Crippen LogP) is 3.11. The van der Waals surface area contributed by atoms with Crippen LogP contribution in [0.4, 0.5) is 14.9 Å². The Morgan fingerprint density at radius 2 is 1.88 bits per heavy atom. The SMILES string of the molecule is O=C(Nc1ccccc1F)NC1CCN(CC2(O)CCCCC2)CC1. The van der Waals surface area contributed by atoms with E-state index in [9.17, 15) is 14.3 Å². The normalized spacial score (nSPS) is 21.7. The summed E-state index contributed by atoms with van der Waals surface area (Å²) in [6.07, 6.45) is 6.95. The molecule has 0 unspecified atom stereocenters. The first-order valence-electron chi connectivity index (χ1n) is 9.31. The zero-order chi connectivity index (χ0) is 17.7. The molecule has 0 atom stereocenters. The molecule has 5 nitrogen and oxygen atoms in total. The van der Waals surface area contributed by atoms with E-state index in [4.69, 9.17) is 0 Å². The summed E-state index contributed by atoms with van der Waals surface area (Å²) < 4.78 is 13.6. The molecule has 2 amide bonds. The second-order valence-electron chi connectivity index (χ2n) is 7.41. The second kappa shape index (κ2) is 8.15. The maximum atomic E-state index is 13.6. The fraction of sp³-hybridized carbons (Fsp3) is 0.632. The highest BCUT2D eigenvalue weighted by Gasteiger charge is 2.32. The van der Waals surface area contributed by atoms with Gasteiger partial charge in [0.05, 0.1) is 11.3 Å². The number of rotatable bonds is 4. The number of nitrogens with one attached hydrogen (secondary N) is 2. The van der Waals surface area contributed by atoms with Gasteiger partial charge in [-0.2, -0.15) is 0 Å². The highest BCUT2D eigenvalue weighted by atomic mass is 19.1. The van der Waals surface area contributed by atoms with E-state index in [0.29, 0.717) is 0 Å². The molecule has 1 aromatic carbocycles. The molecule has 1 aliphatic carbocycles. The molecule has 1 saturated heterocycles. The first kappa shape index (κ1) is 18.1. The quantitative estimate of drug-likeness (QED) is 0.783. The van der Waals surface area contributed by atoms with Crippen molar-refractivity contribution in [3.63, 3.8) is 0 Å². The van der Waals surface area contributed by atoms with Gasteiger partial charge < -0.3 is 20.6 Å². The fourth-order valence-electron chi connectivity index (χ4n) is 3.93. The highest BCUT2D eigenvalue weighted by molar-refractivity contribution is 5.89. The van der Waals surface area contributed by atoms with Gasteiger partial charge >= 0.3 is 6.03 Å². The number of hydrogen-bond acceptors (Lipinski definition) is 3. The van der Waals surface area contributed by atoms with Gasteiger partial charge in [0, 0.05) is 25.7 Å². The van der Waals surface area contributed by atoms with Crippen molar-refractivity contribution >= 4 is 11.7 Å². The second-order valence-corrected chi connectivity index (χ2v) is 7.41. The smallest absolute Gasteiger partial charge is 0.319 e. The lowest BCUT2D eigenvalue weighted by Crippen LogP contribution is -2.51. The van der Waals surface area contributed by atoms with Crippen LogP contribution in [0.25, 0.3) is 0 Å². The number of likely N-dealkylation sites (tertiary alicyclic amines) is 1. The molecule has 25 heavy (non-hydrogen) atoms. The Morgan fingerprint density at radius 1 is 1.20 bits per heavy atom. The lowest BCUT2D eigenvalue weighted by atomic mass is 9.84. The van der Waals surface area contributed by atoms with E-state index in [1.807, 2.05) is 0 Å². The van der Waals surface area contributed by atoms with Gasteiger partial charge in [0.25, 0.3) is 0 Å². The molecular weight excluding hydrogens is 321 g/mol. The number of amides is 2. The van der Waals surface area contributed by atoms with E-state index >= 15 is 0 Å². The number of nitrogens with zero attached hydrogens (tertiary/aromatic N) is 1. The van der Waals surface area contributed by atoms with Gasteiger partial charge in [-0.05, 0) is 37.8 Å². The first-order valence-corrected chi connectivity index (χ1v) is 9.31. The zero-order valence-corrected chi connectivity index (χ0v) is 14.6. The Morgan fingerprint density at radius 3 is 2.56 bits per heavy atom. The van der Waals surface area contributed by atoms with Crippen molar-refractivity contribution in [2.24, 2.45) is 0 Å². The third kappa shape index (κ3) is 5.16. The van der Waals surface area contributed by atoms with Crippen LogP contribution in [0.3, 0.4) is 0 Å². The molecule has 6 heteroatoms. The van der Waals surface area contributed by atoms with E-state index in [1.165, 1.54) is 12.5 Å². The lowest BCUT2D eigenvalue weighted by Gasteiger charge is -2.40. The number of aliphatic hydroxyl groups is 1. The molecule has 0 aromatic heterocycles. The minimum Gasteiger partial charge on any atom is -0.389 e. The van der Waals surface area contributed by atoms with Crippen LogP contribution < -0.4 is 10.6 Å². The lowest BCUT2D eigenvalue weighted by molar-refractivity contribution is -0.0310. The number of carbonyl (C=O) groups is 1. The molecule has 1 saturated carbocycles. The standard InChI is InChI=1S/C19H28FN3O2/c20-16-6-2-3-7-17(16)22-18(24)21-15-8-12-23(13-9-15)14-19(25)10-4-1-5-11-19/h2-3,6-7,15,25H,1,4-5,8-14H2,(H2,21,22,24). The van der Waals surface area contributed by atoms with Crippen molar-refractivity contribution in [1.29, 1.82) is 0 Å². The third-order valence-corrected chi connectivity index (χ3v) is 5.35. The summed E-state index contributed by atoms with van der Waals surface area (Å²) in [6.45, 7) is 2.47. The molecule has 138 valence electrons. The number of halogens is 1. The van der Waals surface area contributed by atoms with E-state index in [0.717, 1.165) is 58.2 Å². The summed E-state index contributed by atoms with van der Waals surface area (Å²) in [5.74, 6) is -0.437. The van der Waals surface area contributed by atoms with E-state index in [2.05, 4.69) is 15.5 Å². The van der Waals surface area contributed by atoms with Crippen LogP contribution in [0.5, 0.6) is 0 Å². The number of anilines is 1. The van der Waals surface area contributed by atoms with Crippen LogP contribution in [0.2, 0.25) is 0 Å². The third-order valence-electron chi connectivity index (χ3n) is 5.35. The number of carbonyl (C=O) groups excluding carboxylic acids is 1. The van der Waals surface area contributed by atoms with Crippen molar-refractivity contribution in [3.05, 3.63) is 30.1 Å². The fourth-order valence-corrected chi connectivity index (χ4v) is 3.93. The number of piperidine rings is 1. The summed E-state index contributed by atoms with van der Waals surface area (Å²) in [5, 5.41) is 16.2. The van der Waals surface area contributed by atoms with Crippen molar-refractivity contribution in [1.82, 2.24) is 10.2 Å². The number of benzene rings is 1. The molecule has 1 aromatic rings. The molecule has 2 fully saturated rings. The van der Waals surface area contributed by atoms with Crippen molar-refractivity contribution in [2.75, 3.05) is 25.0 Å². The topological polar surface area (TPSA) is 64.6 Å². The van der Waals surface area contributed by atoms with Crippen LogP contribution in [-0.2, 0) is 0 Å². The van der Waals surface area contributed by atoms with Crippen LogP contribution in [0, 0.1) is 5.82 Å². The van der Waals surface area contributed by atoms with Gasteiger partial charge in [-0.15, -0.1) is 0 Å². The molecule has 3 rings (SSSR count). The summed E-state index contributed by atoms with van der Waals surface area (Å²) >= 11 is 0. The maximum absolute atomic E-state index is 13.6. The van der Waals surface area contributed by atoms with Crippen molar-refractivity contribution in [3.8, 4) is 0 Å². The Bertz CT molecular complexity index is 582. The Hall–Kier alpha value is -1.66. The minimum absolute atomic E-state index is 0.0871. The van der Waals surface area contributed by atoms with Crippen LogP contribution in [0.1, 0.15) is 44.9 Å². The molecule has 0 spiro atoms. The molecule has 2 aliphatic rings. The minimum atomic E-state index is -0.527. The first-order chi connectivity index (χ1) is 12.0. The Kier molecular flexibility index (Phi) is 5.91. The predicted molar refractivity (Wildman–Crippen MR) is 96.1 cm³/mol. The van der Waals surface area contributed by atoms with Crippen molar-refractivity contribution < 1.29 is 14.3 Å². The number of hydrogen-bond donors (Lipinski definition) is 3. The van der Waals surface area contributed by atoms with Gasteiger partial charge in [0.2, 0.25) is 0 Å². The molecule has 0 bridgehead atoms. The molecule has 1 heterocycles. The van der Waals surface area contributed by atoms with Gasteiger partial charge in [0.1, 0.15) is 5.82 Å². The number of para-hydroxylation sites is 1. The molecule has 0 radical (unpaired) electrons. The molecular formula is C19H28FN3O2. The zero-order valence-electron chi connectivity index (χ0n) is 14.6. The van der Waals surface area contributed by atoms with E-state index in [-0.39, 0.29) is 17.8 Å². The van der Waals surface area contributed by atoms with Crippen LogP contribution in [-0.4, -0.2) is 47.3 Å². The number of urea groups is 1. The highest BCUT2D eigenvalue weighted by Crippen LogP contribution is 2.29. The maximum Gasteiger partial charge on any atom is 0.319 e. The van der Waals surface area contributed by atoms with E-state index in [1.54, 1.807) is 18.2 Å². The van der Waals surface area contributed by atoms with Gasteiger partial charge in [-0.1, -0.05) is 31.4 Å². The molecule has 1 aliphatic heterocycles. The van der Waals surface area contributed by atoms with Crippen LogP contribution >= 0.6 is 0 Å². The summed E-state index contributed by atoms with van der Waals surface area (Å²) in [5.41, 5.74) is -0.335. The Labute approximate surface area is 148 Å². The van der Waals surface area contributed by atoms with Gasteiger partial charge in [-0.3, -0.25) is 0 Å². The van der Waals surface area contributed by atoms with Crippen molar-refractivity contribution in [2.45, 2.75) is 56.6 Å². The average Bonchev–Trinajstić information content (AvgIpc) is 2.59. The monoisotopic (exact) mass is 349 g/mol.